The molecular weight excluding hydrogens is 350 g/mol. The molecule has 2 heterocycles. The lowest BCUT2D eigenvalue weighted by Gasteiger charge is -2.06. The predicted molar refractivity (Wildman–Crippen MR) is 109 cm³/mol. The molecule has 0 unspecified atom stereocenters. The van der Waals surface area contributed by atoms with Crippen molar-refractivity contribution in [3.8, 4) is 11.4 Å². The fraction of sp³-hybridized carbons (Fsp3) is 0.136. The van der Waals surface area contributed by atoms with Crippen LogP contribution in [-0.4, -0.2) is 26.9 Å². The summed E-state index contributed by atoms with van der Waals surface area (Å²) in [5.74, 6) is 2.41. The highest BCUT2D eigenvalue weighted by Gasteiger charge is 2.04. The average molecular weight is 371 g/mol. The number of hydrogen-bond acceptors (Lipinski definition) is 5. The van der Waals surface area contributed by atoms with Gasteiger partial charge in [0.15, 0.2) is 0 Å². The first-order valence-electron chi connectivity index (χ1n) is 9.09. The number of hydrogen-bond donors (Lipinski definition) is 1. The molecule has 1 N–H and O–H groups in total. The topological polar surface area (TPSA) is 64.9 Å². The van der Waals surface area contributed by atoms with Crippen LogP contribution in [0.2, 0.25) is 0 Å². The van der Waals surface area contributed by atoms with E-state index < -0.39 is 0 Å². The van der Waals surface area contributed by atoms with Gasteiger partial charge in [0.05, 0.1) is 25.0 Å². The normalized spacial score (nSPS) is 10.6. The second kappa shape index (κ2) is 8.35. The van der Waals surface area contributed by atoms with Gasteiger partial charge in [0, 0.05) is 18.8 Å². The molecule has 0 atom stereocenters. The zero-order valence-corrected chi connectivity index (χ0v) is 15.6. The van der Waals surface area contributed by atoms with Crippen LogP contribution in [0.15, 0.2) is 79.1 Å². The maximum Gasteiger partial charge on any atom is 0.135 e. The monoisotopic (exact) mass is 371 g/mol. The van der Waals surface area contributed by atoms with Gasteiger partial charge in [-0.2, -0.15) is 5.10 Å². The molecule has 0 aliphatic carbocycles. The first-order valence-corrected chi connectivity index (χ1v) is 9.09. The zero-order valence-electron chi connectivity index (χ0n) is 15.6. The second-order valence-corrected chi connectivity index (χ2v) is 6.32. The van der Waals surface area contributed by atoms with E-state index in [9.17, 15) is 0 Å². The first-order chi connectivity index (χ1) is 13.8. The number of aromatic nitrogens is 4. The van der Waals surface area contributed by atoms with Crippen LogP contribution >= 0.6 is 0 Å². The predicted octanol–water partition coefficient (Wildman–Crippen LogP) is 3.87. The summed E-state index contributed by atoms with van der Waals surface area (Å²) in [7, 11) is 1.66. The van der Waals surface area contributed by atoms with E-state index in [0.717, 1.165) is 28.8 Å². The van der Waals surface area contributed by atoms with Crippen molar-refractivity contribution in [2.24, 2.45) is 0 Å². The molecule has 2 aromatic heterocycles. The van der Waals surface area contributed by atoms with Crippen molar-refractivity contribution < 1.29 is 4.74 Å². The molecule has 0 saturated carbocycles. The molecule has 6 nitrogen and oxygen atoms in total. The van der Waals surface area contributed by atoms with Crippen molar-refractivity contribution in [1.29, 1.82) is 0 Å². The standard InChI is InChI=1S/C22H21N5O/c1-28-20-9-7-19(8-10-20)27-14-12-18(26-27)16-24-21-11-13-23-22(25-21)15-17-5-3-2-4-6-17/h2-14H,15-16H2,1H3,(H,23,24,25). The van der Waals surface area contributed by atoms with Crippen molar-refractivity contribution in [3.05, 3.63) is 96.2 Å². The minimum atomic E-state index is 0.588. The van der Waals surface area contributed by atoms with Crippen LogP contribution in [0.1, 0.15) is 17.1 Å². The van der Waals surface area contributed by atoms with E-state index in [0.29, 0.717) is 13.0 Å². The summed E-state index contributed by atoms with van der Waals surface area (Å²) in [5, 5.41) is 7.93. The Morgan fingerprint density at radius 1 is 0.964 bits per heavy atom. The van der Waals surface area contributed by atoms with Gasteiger partial charge in [-0.15, -0.1) is 0 Å². The van der Waals surface area contributed by atoms with Crippen LogP contribution in [0.5, 0.6) is 5.75 Å². The Morgan fingerprint density at radius 3 is 2.57 bits per heavy atom. The summed E-state index contributed by atoms with van der Waals surface area (Å²) in [6, 6.07) is 21.9. The fourth-order valence-corrected chi connectivity index (χ4v) is 2.88. The van der Waals surface area contributed by atoms with Gasteiger partial charge < -0.3 is 10.1 Å². The summed E-state index contributed by atoms with van der Waals surface area (Å²) < 4.78 is 7.04. The van der Waals surface area contributed by atoms with Gasteiger partial charge >= 0.3 is 0 Å². The quantitative estimate of drug-likeness (QED) is 0.534. The Bertz CT molecular complexity index is 1030. The van der Waals surface area contributed by atoms with Gasteiger partial charge in [-0.3, -0.25) is 0 Å². The number of methoxy groups -OCH3 is 1. The van der Waals surface area contributed by atoms with Crippen LogP contribution in [0.3, 0.4) is 0 Å². The molecule has 4 rings (SSSR count). The van der Waals surface area contributed by atoms with E-state index >= 15 is 0 Å². The third-order valence-electron chi connectivity index (χ3n) is 4.34. The Kier molecular flexibility index (Phi) is 5.29. The molecule has 6 heteroatoms. The van der Waals surface area contributed by atoms with Crippen LogP contribution in [-0.2, 0) is 13.0 Å². The van der Waals surface area contributed by atoms with E-state index in [1.165, 1.54) is 5.56 Å². The van der Waals surface area contributed by atoms with Crippen molar-refractivity contribution in [2.75, 3.05) is 12.4 Å². The summed E-state index contributed by atoms with van der Waals surface area (Å²) in [6.45, 7) is 0.588. The van der Waals surface area contributed by atoms with Gasteiger partial charge in [0.2, 0.25) is 0 Å². The highest BCUT2D eigenvalue weighted by Crippen LogP contribution is 2.15. The number of rotatable bonds is 7. The lowest BCUT2D eigenvalue weighted by molar-refractivity contribution is 0.414. The molecule has 0 aliphatic heterocycles. The first kappa shape index (κ1) is 17.7. The van der Waals surface area contributed by atoms with Crippen molar-refractivity contribution in [3.63, 3.8) is 0 Å². The molecule has 2 aromatic carbocycles. The molecule has 0 bridgehead atoms. The molecule has 0 amide bonds. The molecule has 0 aliphatic rings. The maximum absolute atomic E-state index is 5.19. The Balaban J connectivity index is 1.39. The van der Waals surface area contributed by atoms with E-state index in [4.69, 9.17) is 4.74 Å². The average Bonchev–Trinajstić information content (AvgIpc) is 3.22. The summed E-state index contributed by atoms with van der Waals surface area (Å²) in [6.07, 6.45) is 4.44. The Hall–Kier alpha value is -3.67. The lowest BCUT2D eigenvalue weighted by Crippen LogP contribution is -2.05. The van der Waals surface area contributed by atoms with E-state index in [-0.39, 0.29) is 0 Å². The van der Waals surface area contributed by atoms with Gasteiger partial charge in [0.1, 0.15) is 17.4 Å². The fourth-order valence-electron chi connectivity index (χ4n) is 2.88. The number of nitrogens with zero attached hydrogens (tertiary/aromatic N) is 4. The molecule has 0 radical (unpaired) electrons. The van der Waals surface area contributed by atoms with Gasteiger partial charge in [-0.25, -0.2) is 14.6 Å². The van der Waals surface area contributed by atoms with E-state index in [1.807, 2.05) is 65.5 Å². The summed E-state index contributed by atoms with van der Waals surface area (Å²) in [4.78, 5) is 8.96. The largest absolute Gasteiger partial charge is 0.497 e. The lowest BCUT2D eigenvalue weighted by atomic mass is 10.1. The van der Waals surface area contributed by atoms with Crippen molar-refractivity contribution in [2.45, 2.75) is 13.0 Å². The number of nitrogens with one attached hydrogen (secondary N) is 1. The molecule has 0 saturated heterocycles. The van der Waals surface area contributed by atoms with Crippen LogP contribution in [0.4, 0.5) is 5.82 Å². The highest BCUT2D eigenvalue weighted by molar-refractivity contribution is 5.38. The molecule has 4 aromatic rings. The minimum absolute atomic E-state index is 0.588. The Morgan fingerprint density at radius 2 is 1.79 bits per heavy atom. The van der Waals surface area contributed by atoms with Crippen LogP contribution in [0, 0.1) is 0 Å². The zero-order chi connectivity index (χ0) is 19.2. The minimum Gasteiger partial charge on any atom is -0.497 e. The smallest absolute Gasteiger partial charge is 0.135 e. The molecule has 28 heavy (non-hydrogen) atoms. The van der Waals surface area contributed by atoms with Gasteiger partial charge in [-0.1, -0.05) is 30.3 Å². The third kappa shape index (κ3) is 4.35. The highest BCUT2D eigenvalue weighted by atomic mass is 16.5. The number of anilines is 1. The number of benzene rings is 2. The molecule has 0 fully saturated rings. The number of ether oxygens (including phenoxy) is 1. The Labute approximate surface area is 163 Å². The SMILES string of the molecule is COc1ccc(-n2ccc(CNc3ccnc(Cc4ccccc4)n3)n2)cc1. The third-order valence-corrected chi connectivity index (χ3v) is 4.34. The molecule has 0 spiro atoms. The second-order valence-electron chi connectivity index (χ2n) is 6.32. The summed E-state index contributed by atoms with van der Waals surface area (Å²) in [5.41, 5.74) is 3.11. The van der Waals surface area contributed by atoms with Crippen LogP contribution in [0.25, 0.3) is 5.69 Å². The van der Waals surface area contributed by atoms with Gasteiger partial charge in [-0.05, 0) is 42.0 Å². The van der Waals surface area contributed by atoms with E-state index in [1.54, 1.807) is 13.3 Å². The van der Waals surface area contributed by atoms with Crippen molar-refractivity contribution in [1.82, 2.24) is 19.7 Å². The maximum atomic E-state index is 5.19. The molecule has 140 valence electrons. The molecular formula is C22H21N5O. The summed E-state index contributed by atoms with van der Waals surface area (Å²) >= 11 is 0. The van der Waals surface area contributed by atoms with E-state index in [2.05, 4.69) is 32.5 Å². The van der Waals surface area contributed by atoms with Gasteiger partial charge in [0.25, 0.3) is 0 Å². The van der Waals surface area contributed by atoms with Crippen LogP contribution < -0.4 is 10.1 Å². The van der Waals surface area contributed by atoms with Crippen molar-refractivity contribution >= 4 is 5.82 Å².